The van der Waals surface area contributed by atoms with Gasteiger partial charge in [0.25, 0.3) is 0 Å². The van der Waals surface area contributed by atoms with Crippen LogP contribution >= 0.6 is 0 Å². The molecule has 0 aromatic carbocycles. The van der Waals surface area contributed by atoms with E-state index in [1.165, 1.54) is 21.1 Å². The highest BCUT2D eigenvalue weighted by molar-refractivity contribution is 6.26. The van der Waals surface area contributed by atoms with Gasteiger partial charge >= 0.3 is 18.0 Å². The van der Waals surface area contributed by atoms with Crippen molar-refractivity contribution in [1.29, 1.82) is 0 Å². The molecule has 1 saturated carbocycles. The maximum atomic E-state index is 15.7. The zero-order chi connectivity index (χ0) is 61.9. The second-order valence-corrected chi connectivity index (χ2v) is 26.5. The SMILES string of the molecule is COC(=O)NC1C(C)OC(O[C@@H]2C/C=C(\C)[C@H]3C=C[C@@H]4[C@@H](OC5CC(OC6CC(O)C(OC7CC(O)C(OC)C(C)O7)C(C)O6)C(O)C(C)O5)[C@@H](C)C[C@H](C)[C@@H]4[C@@]3(C)C(O)=C3C(=O)O[C@]4(C[C@@H](C)C(COC(C)=O)=C[C@H]4/C=C\2C)C3=O)CC1(C)N. The van der Waals surface area contributed by atoms with E-state index < -0.39 is 174 Å². The fourth-order valence-corrected chi connectivity index (χ4v) is 15.9. The number of alkyl carbamates (subject to hydrolysis) is 1. The van der Waals surface area contributed by atoms with E-state index in [1.54, 1.807) is 27.7 Å². The van der Waals surface area contributed by atoms with Crippen LogP contribution in [0.3, 0.4) is 0 Å². The number of hydrogen-bond donors (Lipinski definition) is 6. The molecule has 1 spiro atoms. The molecule has 9 aliphatic rings. The van der Waals surface area contributed by atoms with E-state index in [1.807, 2.05) is 52.8 Å². The van der Waals surface area contributed by atoms with Crippen LogP contribution in [0.5, 0.6) is 0 Å². The van der Waals surface area contributed by atoms with Crippen molar-refractivity contribution in [3.05, 3.63) is 58.4 Å². The Kier molecular flexibility index (Phi) is 19.8. The first-order valence-corrected chi connectivity index (χ1v) is 30.5. The van der Waals surface area contributed by atoms with Gasteiger partial charge in [0.2, 0.25) is 5.78 Å². The Hall–Kier alpha value is -4.14. The van der Waals surface area contributed by atoms with Gasteiger partial charge in [-0.15, -0.1) is 0 Å². The summed E-state index contributed by atoms with van der Waals surface area (Å²) in [5, 5.41) is 49.8. The molecule has 6 fully saturated rings. The van der Waals surface area contributed by atoms with Gasteiger partial charge in [0, 0.05) is 74.8 Å². The first-order chi connectivity index (χ1) is 40.0. The minimum Gasteiger partial charge on any atom is -0.511 e. The molecule has 16 unspecified atom stereocenters. The van der Waals surface area contributed by atoms with Gasteiger partial charge in [-0.05, 0) is 96.1 Å². The van der Waals surface area contributed by atoms with Crippen molar-refractivity contribution in [3.63, 3.8) is 0 Å². The molecule has 2 bridgehead atoms. The number of carbonyl (C=O) groups is 4. The van der Waals surface area contributed by atoms with E-state index in [2.05, 4.69) is 31.3 Å². The molecule has 85 heavy (non-hydrogen) atoms. The summed E-state index contributed by atoms with van der Waals surface area (Å²) in [6.07, 6.45) is -1.43. The number of nitrogens with one attached hydrogen (secondary N) is 1. The largest absolute Gasteiger partial charge is 0.511 e. The van der Waals surface area contributed by atoms with E-state index in [0.717, 1.165) is 11.1 Å². The number of ketones is 1. The van der Waals surface area contributed by atoms with Gasteiger partial charge in [-0.3, -0.25) is 9.59 Å². The number of esters is 2. The number of rotatable bonds is 12. The topological polar surface area (TPSA) is 298 Å². The minimum absolute atomic E-state index is 0.0255. The van der Waals surface area contributed by atoms with Crippen molar-refractivity contribution in [2.24, 2.45) is 52.6 Å². The highest BCUT2D eigenvalue weighted by atomic mass is 16.7. The highest BCUT2D eigenvalue weighted by Gasteiger charge is 2.64. The van der Waals surface area contributed by atoms with Crippen molar-refractivity contribution in [2.45, 2.75) is 244 Å². The van der Waals surface area contributed by atoms with E-state index in [9.17, 15) is 34.8 Å². The Morgan fingerprint density at radius 2 is 1.36 bits per heavy atom. The number of nitrogens with two attached hydrogens (primary N) is 1. The summed E-state index contributed by atoms with van der Waals surface area (Å²) in [5.41, 5.74) is 4.69. The van der Waals surface area contributed by atoms with Gasteiger partial charge in [-0.25, -0.2) is 9.59 Å². The molecule has 22 heteroatoms. The monoisotopic (exact) mass is 1200 g/mol. The van der Waals surface area contributed by atoms with E-state index in [-0.39, 0.29) is 62.2 Å². The Morgan fingerprint density at radius 1 is 0.741 bits per heavy atom. The number of Topliss-reactive ketones (excluding diaryl/α,β-unsaturated/α-hetero) is 1. The maximum Gasteiger partial charge on any atom is 0.407 e. The van der Waals surface area contributed by atoms with E-state index in [4.69, 9.17) is 62.6 Å². The summed E-state index contributed by atoms with van der Waals surface area (Å²) >= 11 is 0. The molecule has 7 N–H and O–H groups in total. The molecule has 22 nitrogen and oxygen atoms in total. The molecule has 0 aromatic rings. The molecule has 9 rings (SSSR count). The van der Waals surface area contributed by atoms with Crippen molar-refractivity contribution in [3.8, 4) is 0 Å². The molecule has 27 atom stereocenters. The molecule has 0 aromatic heterocycles. The second kappa shape index (κ2) is 25.8. The first-order valence-electron chi connectivity index (χ1n) is 30.5. The average molecular weight is 1200 g/mol. The third kappa shape index (κ3) is 12.9. The normalized spacial score (nSPS) is 48.0. The second-order valence-electron chi connectivity index (χ2n) is 26.5. The minimum atomic E-state index is -1.79. The van der Waals surface area contributed by atoms with Crippen LogP contribution in [-0.2, 0) is 71.2 Å². The molecule has 5 heterocycles. The van der Waals surface area contributed by atoms with Crippen LogP contribution in [0.25, 0.3) is 0 Å². The first kappa shape index (κ1) is 65.3. The van der Waals surface area contributed by atoms with Crippen molar-refractivity contribution in [1.82, 2.24) is 5.32 Å². The molecule has 5 aliphatic heterocycles. The van der Waals surface area contributed by atoms with Crippen LogP contribution in [0.15, 0.2) is 58.4 Å². The standard InChI is InChI=1S/C63H94N2O20/c1-28-15-18-44(81-49-26-61(11,64)56(36(9)80-49)65-60(73)75-14)29(2)20-39-21-38(27-76-37(10)66)32(5)25-63(39)58(71)50(59(72)85-63)57(70)62(12)41(28)17-16-40-51(62)30(3)19-31(4)53(40)83-48-24-45(52(69)33(6)77-48)82-46-23-43(68)55(35(8)79-46)84-47-22-42(67)54(74-13)34(7)78-47/h15-17,20-21,30-36,39-49,51-56,67-70H,18-19,22-27,64H2,1-14H3,(H,65,73)/b28-15+,29-20-,57-50?/t30-,31-,32+,33?,34?,35?,36?,39+,40-,41+,42?,43?,44+,45?,46?,47?,48?,49?,51-,52?,53-,54?,55?,56?,61?,62-,63-/m0/s1. The van der Waals surface area contributed by atoms with Gasteiger partial charge in [-0.1, -0.05) is 63.6 Å². The van der Waals surface area contributed by atoms with Crippen LogP contribution in [0.1, 0.15) is 128 Å². The lowest BCUT2D eigenvalue weighted by Gasteiger charge is -2.56. The molecule has 4 aliphatic carbocycles. The third-order valence-corrected chi connectivity index (χ3v) is 20.2. The summed E-state index contributed by atoms with van der Waals surface area (Å²) in [5.74, 6) is -5.23. The van der Waals surface area contributed by atoms with E-state index >= 15 is 4.79 Å². The summed E-state index contributed by atoms with van der Waals surface area (Å²) in [7, 11) is 2.79. The molecule has 0 radical (unpaired) electrons. The zero-order valence-corrected chi connectivity index (χ0v) is 51.8. The molecule has 5 saturated heterocycles. The zero-order valence-electron chi connectivity index (χ0n) is 51.8. The number of allylic oxidation sites excluding steroid dienone is 3. The maximum absolute atomic E-state index is 15.7. The molecular formula is C63H94N2O20. The lowest BCUT2D eigenvalue weighted by molar-refractivity contribution is -0.335. The van der Waals surface area contributed by atoms with Crippen molar-refractivity contribution < 1.29 is 96.4 Å². The van der Waals surface area contributed by atoms with Crippen LogP contribution in [-0.4, -0.2) is 181 Å². The summed E-state index contributed by atoms with van der Waals surface area (Å²) in [6, 6.07) is -0.610. The number of fused-ring (bicyclic) bond motifs is 4. The average Bonchev–Trinajstić information content (AvgIpc) is 1.71. The molecular weight excluding hydrogens is 1100 g/mol. The predicted molar refractivity (Wildman–Crippen MR) is 304 cm³/mol. The smallest absolute Gasteiger partial charge is 0.407 e. The predicted octanol–water partition coefficient (Wildman–Crippen LogP) is 5.83. The summed E-state index contributed by atoms with van der Waals surface area (Å²) in [4.78, 5) is 55.1. The molecule has 476 valence electrons. The fourth-order valence-electron chi connectivity index (χ4n) is 15.9. The van der Waals surface area contributed by atoms with Crippen LogP contribution in [0.2, 0.25) is 0 Å². The number of aliphatic hydroxyl groups is 4. The lowest BCUT2D eigenvalue weighted by Crippen LogP contribution is -2.66. The van der Waals surface area contributed by atoms with E-state index in [0.29, 0.717) is 18.4 Å². The Morgan fingerprint density at radius 3 is 2.00 bits per heavy atom. The Labute approximate surface area is 499 Å². The van der Waals surface area contributed by atoms with Crippen LogP contribution < -0.4 is 11.1 Å². The van der Waals surface area contributed by atoms with Crippen LogP contribution in [0, 0.1) is 46.8 Å². The fraction of sp³-hybridized carbons (Fsp3) is 0.778. The van der Waals surface area contributed by atoms with Crippen molar-refractivity contribution in [2.75, 3.05) is 20.8 Å². The highest BCUT2D eigenvalue weighted by Crippen LogP contribution is 2.61. The number of methoxy groups -OCH3 is 2. The van der Waals surface area contributed by atoms with Gasteiger partial charge < -0.3 is 88.3 Å². The number of hydrogen-bond acceptors (Lipinski definition) is 21. The van der Waals surface area contributed by atoms with Gasteiger partial charge in [0.05, 0.1) is 68.1 Å². The number of carbonyl (C=O) groups excluding carboxylic acids is 4. The molecule has 1 amide bonds. The van der Waals surface area contributed by atoms with Crippen molar-refractivity contribution >= 4 is 23.8 Å². The Bertz CT molecular complexity index is 2610. The number of aliphatic hydroxyl groups excluding tert-OH is 4. The number of ether oxygens (including phenoxy) is 12. The third-order valence-electron chi connectivity index (χ3n) is 20.2. The van der Waals surface area contributed by atoms with Crippen LogP contribution in [0.4, 0.5) is 4.79 Å². The summed E-state index contributed by atoms with van der Waals surface area (Å²) < 4.78 is 74.0. The van der Waals surface area contributed by atoms with Gasteiger partial charge in [0.1, 0.15) is 36.3 Å². The quantitative estimate of drug-likeness (QED) is 0.0580. The number of amides is 1. The van der Waals surface area contributed by atoms with Gasteiger partial charge in [-0.2, -0.15) is 0 Å². The van der Waals surface area contributed by atoms with Gasteiger partial charge in [0.15, 0.2) is 30.8 Å². The lowest BCUT2D eigenvalue weighted by atomic mass is 9.49. The Balaban J connectivity index is 1.02. The summed E-state index contributed by atoms with van der Waals surface area (Å²) in [6.45, 7) is 22.1.